The highest BCUT2D eigenvalue weighted by molar-refractivity contribution is 7.94. The highest BCUT2D eigenvalue weighted by Crippen LogP contribution is 2.24. The van der Waals surface area contributed by atoms with Crippen molar-refractivity contribution in [2.45, 2.75) is 12.2 Å². The Bertz CT molecular complexity index is 541. The molecule has 0 aliphatic heterocycles. The van der Waals surface area contributed by atoms with Gasteiger partial charge in [0.1, 0.15) is 11.1 Å². The lowest BCUT2D eigenvalue weighted by Crippen LogP contribution is -2.31. The Morgan fingerprint density at radius 2 is 2.31 bits per heavy atom. The van der Waals surface area contributed by atoms with Crippen LogP contribution in [0, 0.1) is 11.3 Å². The maximum Gasteiger partial charge on any atom is 0.323 e. The molecule has 0 spiro atoms. The van der Waals surface area contributed by atoms with Gasteiger partial charge in [0.05, 0.1) is 5.56 Å². The third-order valence-corrected chi connectivity index (χ3v) is 4.41. The second-order valence-electron chi connectivity index (χ2n) is 2.90. The largest absolute Gasteiger partial charge is 0.480 e. The molecule has 1 atom stereocenters. The average Bonchev–Trinajstić information content (AvgIpc) is 2.63. The molecule has 0 aliphatic rings. The number of carboxylic acid groups (broad SMARTS) is 1. The lowest BCUT2D eigenvalue weighted by atomic mass is 10.4. The van der Waals surface area contributed by atoms with Crippen molar-refractivity contribution in [1.82, 2.24) is 0 Å². The second-order valence-corrected chi connectivity index (χ2v) is 5.82. The van der Waals surface area contributed by atoms with E-state index in [0.717, 1.165) is 18.3 Å². The molecule has 0 bridgehead atoms. The second kappa shape index (κ2) is 4.51. The Labute approximate surface area is 96.2 Å². The molecule has 8 heteroatoms. The van der Waals surface area contributed by atoms with Gasteiger partial charge in [-0.25, -0.2) is 8.42 Å². The molecule has 1 aromatic rings. The number of aliphatic carboxylic acids is 1. The molecular formula is C8H8N2O4S2. The lowest BCUT2D eigenvalue weighted by molar-refractivity contribution is -0.136. The molecule has 16 heavy (non-hydrogen) atoms. The number of thiophene rings is 1. The number of sulfonamides is 1. The molecule has 0 radical (unpaired) electrons. The van der Waals surface area contributed by atoms with Crippen LogP contribution >= 0.6 is 11.3 Å². The molecule has 1 heterocycles. The van der Waals surface area contributed by atoms with Crippen molar-refractivity contribution in [2.75, 3.05) is 4.72 Å². The average molecular weight is 260 g/mol. The topological polar surface area (TPSA) is 107 Å². The van der Waals surface area contributed by atoms with Gasteiger partial charge in [-0.3, -0.25) is 9.52 Å². The minimum absolute atomic E-state index is 0.135. The smallest absolute Gasteiger partial charge is 0.323 e. The molecule has 2 N–H and O–H groups in total. The molecule has 0 aliphatic carbocycles. The van der Waals surface area contributed by atoms with E-state index in [-0.39, 0.29) is 10.6 Å². The number of carboxylic acids is 1. The number of rotatable bonds is 4. The Morgan fingerprint density at radius 3 is 2.81 bits per heavy atom. The fourth-order valence-electron chi connectivity index (χ4n) is 0.827. The first kappa shape index (κ1) is 12.5. The third-order valence-electron chi connectivity index (χ3n) is 1.83. The number of hydrogen-bond acceptors (Lipinski definition) is 5. The van der Waals surface area contributed by atoms with Crippen molar-refractivity contribution in [3.8, 4) is 6.07 Å². The maximum atomic E-state index is 11.5. The molecule has 6 nitrogen and oxygen atoms in total. The fourth-order valence-corrected chi connectivity index (χ4v) is 2.76. The molecule has 86 valence electrons. The Balaban J connectivity index is 2.99. The van der Waals surface area contributed by atoms with E-state index in [0.29, 0.717) is 0 Å². The predicted octanol–water partition coefficient (Wildman–Crippen LogP) is 0.835. The normalized spacial score (nSPS) is 12.8. The van der Waals surface area contributed by atoms with E-state index in [2.05, 4.69) is 4.72 Å². The van der Waals surface area contributed by atoms with Gasteiger partial charge in [-0.1, -0.05) is 0 Å². The minimum atomic E-state index is -4.01. The molecule has 1 rings (SSSR count). The summed E-state index contributed by atoms with van der Waals surface area (Å²) in [6.07, 6.45) is 0. The fraction of sp³-hybridized carbons (Fsp3) is 0.250. The van der Waals surface area contributed by atoms with E-state index >= 15 is 0 Å². The summed E-state index contributed by atoms with van der Waals surface area (Å²) in [5.74, 6) is -1.44. The van der Waals surface area contributed by atoms with Gasteiger partial charge < -0.3 is 5.11 Å². The quantitative estimate of drug-likeness (QED) is 0.833. The van der Waals surface area contributed by atoms with Crippen molar-refractivity contribution >= 4 is 32.3 Å². The SMILES string of the molecule is CC(C(=O)O)S(=O)(=O)Nc1sccc1C#N. The number of hydrogen-bond donors (Lipinski definition) is 2. The van der Waals surface area contributed by atoms with Gasteiger partial charge in [-0.15, -0.1) is 11.3 Å². The molecule has 0 aromatic carbocycles. The molecule has 0 amide bonds. The van der Waals surface area contributed by atoms with Gasteiger partial charge in [-0.2, -0.15) is 5.26 Å². The summed E-state index contributed by atoms with van der Waals surface area (Å²) in [4.78, 5) is 10.5. The van der Waals surface area contributed by atoms with Crippen LogP contribution < -0.4 is 4.72 Å². The van der Waals surface area contributed by atoms with E-state index in [1.165, 1.54) is 6.07 Å². The summed E-state index contributed by atoms with van der Waals surface area (Å²) in [7, 11) is -4.01. The number of nitrogens with zero attached hydrogens (tertiary/aromatic N) is 1. The van der Waals surface area contributed by atoms with Crippen LogP contribution in [-0.2, 0) is 14.8 Å². The molecule has 0 saturated heterocycles. The van der Waals surface area contributed by atoms with E-state index in [9.17, 15) is 13.2 Å². The van der Waals surface area contributed by atoms with Gasteiger partial charge in [-0.05, 0) is 18.4 Å². The Morgan fingerprint density at radius 1 is 1.69 bits per heavy atom. The van der Waals surface area contributed by atoms with E-state index < -0.39 is 21.2 Å². The number of nitrogens with one attached hydrogen (secondary N) is 1. The van der Waals surface area contributed by atoms with Crippen LogP contribution in [-0.4, -0.2) is 24.7 Å². The Hall–Kier alpha value is -1.59. The summed E-state index contributed by atoms with van der Waals surface area (Å²) < 4.78 is 25.1. The van der Waals surface area contributed by atoms with Crippen LogP contribution in [0.4, 0.5) is 5.00 Å². The standard InChI is InChI=1S/C8H8N2O4S2/c1-5(8(11)12)16(13,14)10-7-6(4-9)2-3-15-7/h2-3,5,10H,1H3,(H,11,12). The first-order valence-electron chi connectivity index (χ1n) is 4.10. The summed E-state index contributed by atoms with van der Waals surface area (Å²) in [6, 6.07) is 3.25. The first-order valence-corrected chi connectivity index (χ1v) is 6.53. The molecule has 1 unspecified atom stereocenters. The van der Waals surface area contributed by atoms with Crippen molar-refractivity contribution < 1.29 is 18.3 Å². The predicted molar refractivity (Wildman–Crippen MR) is 58.7 cm³/mol. The summed E-state index contributed by atoms with van der Waals surface area (Å²) in [6.45, 7) is 1.06. The highest BCUT2D eigenvalue weighted by atomic mass is 32.2. The van der Waals surface area contributed by atoms with Crippen molar-refractivity contribution in [2.24, 2.45) is 0 Å². The number of anilines is 1. The first-order chi connectivity index (χ1) is 7.38. The van der Waals surface area contributed by atoms with Crippen LogP contribution in [0.3, 0.4) is 0 Å². The highest BCUT2D eigenvalue weighted by Gasteiger charge is 2.28. The van der Waals surface area contributed by atoms with Crippen LogP contribution in [0.2, 0.25) is 0 Å². The lowest BCUT2D eigenvalue weighted by Gasteiger charge is -2.09. The van der Waals surface area contributed by atoms with Gasteiger partial charge >= 0.3 is 5.97 Å². The third kappa shape index (κ3) is 2.50. The van der Waals surface area contributed by atoms with Gasteiger partial charge in [0, 0.05) is 0 Å². The zero-order chi connectivity index (χ0) is 12.3. The molecule has 0 saturated carbocycles. The maximum absolute atomic E-state index is 11.5. The van der Waals surface area contributed by atoms with E-state index in [1.54, 1.807) is 11.4 Å². The van der Waals surface area contributed by atoms with Gasteiger partial charge in [0.15, 0.2) is 5.25 Å². The van der Waals surface area contributed by atoms with Gasteiger partial charge in [0.25, 0.3) is 0 Å². The number of nitriles is 1. The minimum Gasteiger partial charge on any atom is -0.480 e. The summed E-state index contributed by atoms with van der Waals surface area (Å²) in [5, 5.41) is 17.4. The van der Waals surface area contributed by atoms with Crippen molar-refractivity contribution in [3.05, 3.63) is 17.0 Å². The monoisotopic (exact) mass is 260 g/mol. The van der Waals surface area contributed by atoms with Crippen molar-refractivity contribution in [3.63, 3.8) is 0 Å². The van der Waals surface area contributed by atoms with Crippen molar-refractivity contribution in [1.29, 1.82) is 5.26 Å². The van der Waals surface area contributed by atoms with Crippen LogP contribution in [0.15, 0.2) is 11.4 Å². The van der Waals surface area contributed by atoms with Crippen LogP contribution in [0.5, 0.6) is 0 Å². The summed E-state index contributed by atoms with van der Waals surface area (Å²) in [5.41, 5.74) is 0.172. The zero-order valence-corrected chi connectivity index (χ0v) is 9.80. The van der Waals surface area contributed by atoms with E-state index in [4.69, 9.17) is 10.4 Å². The van der Waals surface area contributed by atoms with Gasteiger partial charge in [0.2, 0.25) is 10.0 Å². The van der Waals surface area contributed by atoms with E-state index in [1.807, 2.05) is 0 Å². The number of carbonyl (C=O) groups is 1. The molecule has 1 aromatic heterocycles. The molecular weight excluding hydrogens is 252 g/mol. The molecule has 0 fully saturated rings. The van der Waals surface area contributed by atoms with Crippen LogP contribution in [0.1, 0.15) is 12.5 Å². The summed E-state index contributed by atoms with van der Waals surface area (Å²) >= 11 is 1.02. The Kier molecular flexibility index (Phi) is 3.51. The van der Waals surface area contributed by atoms with Crippen LogP contribution in [0.25, 0.3) is 0 Å². The zero-order valence-electron chi connectivity index (χ0n) is 8.17.